The highest BCUT2D eigenvalue weighted by Gasteiger charge is 2.43. The van der Waals surface area contributed by atoms with Crippen LogP contribution in [-0.4, -0.2) is 23.1 Å². The third kappa shape index (κ3) is 2.05. The topological polar surface area (TPSA) is 52.8 Å². The van der Waals surface area contributed by atoms with Crippen molar-refractivity contribution < 1.29 is 0 Å². The van der Waals surface area contributed by atoms with Crippen LogP contribution in [-0.2, 0) is 0 Å². The van der Waals surface area contributed by atoms with E-state index >= 15 is 0 Å². The highest BCUT2D eigenvalue weighted by Crippen LogP contribution is 2.51. The summed E-state index contributed by atoms with van der Waals surface area (Å²) in [5.74, 6) is 1.81. The number of piperidine rings is 1. The summed E-state index contributed by atoms with van der Waals surface area (Å²) >= 11 is 0. The first-order chi connectivity index (χ1) is 8.71. The molecule has 2 aliphatic rings. The molecule has 18 heavy (non-hydrogen) atoms. The lowest BCUT2D eigenvalue weighted by Gasteiger charge is -2.40. The fourth-order valence-corrected chi connectivity index (χ4v) is 3.00. The maximum absolute atomic E-state index is 8.85. The molecule has 1 saturated heterocycles. The van der Waals surface area contributed by atoms with E-state index in [0.29, 0.717) is 11.1 Å². The molecule has 4 nitrogen and oxygen atoms in total. The van der Waals surface area contributed by atoms with Gasteiger partial charge in [-0.25, -0.2) is 4.98 Å². The fourth-order valence-electron chi connectivity index (χ4n) is 3.00. The minimum absolute atomic E-state index is 0.406. The number of aromatic nitrogens is 2. The van der Waals surface area contributed by atoms with Crippen molar-refractivity contribution in [3.63, 3.8) is 0 Å². The van der Waals surface area contributed by atoms with E-state index in [9.17, 15) is 0 Å². The van der Waals surface area contributed by atoms with Crippen LogP contribution in [0.4, 0.5) is 5.82 Å². The highest BCUT2D eigenvalue weighted by molar-refractivity contribution is 5.39. The molecule has 94 valence electrons. The lowest BCUT2D eigenvalue weighted by atomic mass is 9.76. The van der Waals surface area contributed by atoms with E-state index in [1.165, 1.54) is 31.9 Å². The molecule has 4 heteroatoms. The van der Waals surface area contributed by atoms with Crippen molar-refractivity contribution in [3.05, 3.63) is 18.1 Å². The molecule has 0 radical (unpaired) electrons. The summed E-state index contributed by atoms with van der Waals surface area (Å²) in [5, 5.41) is 8.85. The minimum atomic E-state index is 0.406. The van der Waals surface area contributed by atoms with Gasteiger partial charge in [0.05, 0.1) is 12.4 Å². The van der Waals surface area contributed by atoms with Gasteiger partial charge < -0.3 is 4.90 Å². The van der Waals surface area contributed by atoms with Crippen LogP contribution in [0.15, 0.2) is 12.4 Å². The van der Waals surface area contributed by atoms with E-state index in [-0.39, 0.29) is 0 Å². The lowest BCUT2D eigenvalue weighted by Crippen LogP contribution is -2.40. The summed E-state index contributed by atoms with van der Waals surface area (Å²) < 4.78 is 0. The van der Waals surface area contributed by atoms with E-state index < -0.39 is 0 Å². The molecule has 0 unspecified atom stereocenters. The highest BCUT2D eigenvalue weighted by atomic mass is 15.2. The molecular formula is C14H18N4. The molecular weight excluding hydrogens is 224 g/mol. The van der Waals surface area contributed by atoms with Crippen LogP contribution in [0, 0.1) is 22.7 Å². The number of nitriles is 1. The monoisotopic (exact) mass is 242 g/mol. The van der Waals surface area contributed by atoms with E-state index in [2.05, 4.69) is 27.9 Å². The summed E-state index contributed by atoms with van der Waals surface area (Å²) in [6.07, 6.45) is 8.58. The van der Waals surface area contributed by atoms with Crippen molar-refractivity contribution in [3.8, 4) is 6.07 Å². The van der Waals surface area contributed by atoms with Crippen molar-refractivity contribution in [2.45, 2.75) is 32.6 Å². The molecule has 1 saturated carbocycles. The molecule has 2 heterocycles. The molecule has 1 aliphatic heterocycles. The van der Waals surface area contributed by atoms with Crippen LogP contribution in [0.5, 0.6) is 0 Å². The van der Waals surface area contributed by atoms with E-state index in [0.717, 1.165) is 24.8 Å². The van der Waals surface area contributed by atoms with Crippen LogP contribution >= 0.6 is 0 Å². The van der Waals surface area contributed by atoms with Crippen LogP contribution in [0.1, 0.15) is 38.3 Å². The zero-order valence-corrected chi connectivity index (χ0v) is 10.8. The van der Waals surface area contributed by atoms with Crippen molar-refractivity contribution >= 4 is 5.82 Å². The van der Waals surface area contributed by atoms with E-state index in [4.69, 9.17) is 5.26 Å². The predicted molar refractivity (Wildman–Crippen MR) is 69.0 cm³/mol. The van der Waals surface area contributed by atoms with Crippen molar-refractivity contribution in [1.29, 1.82) is 5.26 Å². The molecule has 0 bridgehead atoms. The van der Waals surface area contributed by atoms with Crippen LogP contribution in [0.25, 0.3) is 0 Å². The number of anilines is 1. The predicted octanol–water partition coefficient (Wildman–Crippen LogP) is 2.36. The average Bonchev–Trinajstić information content (AvgIpc) is 3.24. The Morgan fingerprint density at radius 1 is 1.33 bits per heavy atom. The Morgan fingerprint density at radius 2 is 2.06 bits per heavy atom. The largest absolute Gasteiger partial charge is 0.355 e. The van der Waals surface area contributed by atoms with Gasteiger partial charge in [-0.2, -0.15) is 5.26 Å². The molecule has 0 amide bonds. The second-order valence-corrected chi connectivity index (χ2v) is 5.79. The second-order valence-electron chi connectivity index (χ2n) is 5.79. The Hall–Kier alpha value is -1.63. The molecule has 0 spiro atoms. The van der Waals surface area contributed by atoms with Gasteiger partial charge in [0.15, 0.2) is 5.69 Å². The zero-order chi connectivity index (χ0) is 12.6. The van der Waals surface area contributed by atoms with Gasteiger partial charge in [-0.1, -0.05) is 6.92 Å². The first-order valence-electron chi connectivity index (χ1n) is 6.68. The number of hydrogen-bond acceptors (Lipinski definition) is 4. The minimum Gasteiger partial charge on any atom is -0.355 e. The Kier molecular flexibility index (Phi) is 2.70. The quantitative estimate of drug-likeness (QED) is 0.799. The summed E-state index contributed by atoms with van der Waals surface area (Å²) in [4.78, 5) is 10.7. The summed E-state index contributed by atoms with van der Waals surface area (Å²) in [7, 11) is 0. The number of nitrogens with zero attached hydrogens (tertiary/aromatic N) is 4. The van der Waals surface area contributed by atoms with Crippen LogP contribution in [0.2, 0.25) is 0 Å². The zero-order valence-electron chi connectivity index (χ0n) is 10.8. The molecule has 1 aromatic rings. The van der Waals surface area contributed by atoms with E-state index in [1.807, 2.05) is 0 Å². The molecule has 0 N–H and O–H groups in total. The Bertz CT molecular complexity index is 479. The van der Waals surface area contributed by atoms with Gasteiger partial charge >= 0.3 is 0 Å². The third-order valence-corrected chi connectivity index (χ3v) is 4.53. The van der Waals surface area contributed by atoms with Gasteiger partial charge in [0, 0.05) is 13.1 Å². The third-order valence-electron chi connectivity index (χ3n) is 4.53. The smallest absolute Gasteiger partial charge is 0.161 e. The fraction of sp³-hybridized carbons (Fsp3) is 0.643. The number of hydrogen-bond donors (Lipinski definition) is 0. The maximum atomic E-state index is 8.85. The lowest BCUT2D eigenvalue weighted by molar-refractivity contribution is 0.207. The molecule has 0 aromatic carbocycles. The summed E-state index contributed by atoms with van der Waals surface area (Å²) in [6.45, 7) is 4.51. The van der Waals surface area contributed by atoms with Crippen molar-refractivity contribution in [2.24, 2.45) is 11.3 Å². The van der Waals surface area contributed by atoms with Crippen molar-refractivity contribution in [1.82, 2.24) is 9.97 Å². The molecule has 1 aliphatic carbocycles. The van der Waals surface area contributed by atoms with Crippen LogP contribution in [0.3, 0.4) is 0 Å². The first-order valence-corrected chi connectivity index (χ1v) is 6.68. The van der Waals surface area contributed by atoms with Gasteiger partial charge in [-0.3, -0.25) is 4.98 Å². The van der Waals surface area contributed by atoms with Gasteiger partial charge in [-0.15, -0.1) is 0 Å². The SMILES string of the molecule is CC1(C2CC2)CCN(c2cncc(C#N)n2)CC1. The first kappa shape index (κ1) is 11.5. The Labute approximate surface area is 108 Å². The summed E-state index contributed by atoms with van der Waals surface area (Å²) in [5.41, 5.74) is 0.944. The number of rotatable bonds is 2. The van der Waals surface area contributed by atoms with Gasteiger partial charge in [0.1, 0.15) is 11.9 Å². The Balaban J connectivity index is 1.70. The standard InChI is InChI=1S/C14H18N4/c1-14(11-2-3-11)4-6-18(7-5-14)13-10-16-9-12(8-15)17-13/h9-11H,2-7H2,1H3. The normalized spacial score (nSPS) is 22.6. The van der Waals surface area contributed by atoms with Gasteiger partial charge in [-0.05, 0) is 37.0 Å². The Morgan fingerprint density at radius 3 is 2.67 bits per heavy atom. The van der Waals surface area contributed by atoms with Crippen molar-refractivity contribution in [2.75, 3.05) is 18.0 Å². The molecule has 0 atom stereocenters. The molecule has 2 fully saturated rings. The summed E-state index contributed by atoms with van der Waals surface area (Å²) in [6, 6.07) is 2.05. The van der Waals surface area contributed by atoms with Crippen LogP contribution < -0.4 is 4.90 Å². The molecule has 3 rings (SSSR count). The maximum Gasteiger partial charge on any atom is 0.161 e. The average molecular weight is 242 g/mol. The van der Waals surface area contributed by atoms with Gasteiger partial charge in [0.25, 0.3) is 0 Å². The van der Waals surface area contributed by atoms with Gasteiger partial charge in [0.2, 0.25) is 0 Å². The molecule has 1 aromatic heterocycles. The van der Waals surface area contributed by atoms with E-state index in [1.54, 1.807) is 6.20 Å². The second kappa shape index (κ2) is 4.24.